The van der Waals surface area contributed by atoms with Crippen molar-refractivity contribution < 1.29 is 4.79 Å². The zero-order valence-corrected chi connectivity index (χ0v) is 16.5. The Balaban J connectivity index is 1.44. The highest BCUT2D eigenvalue weighted by molar-refractivity contribution is 5.76. The molecule has 0 bridgehead atoms. The zero-order chi connectivity index (χ0) is 20.1. The predicted molar refractivity (Wildman–Crippen MR) is 108 cm³/mol. The van der Waals surface area contributed by atoms with Gasteiger partial charge in [-0.1, -0.05) is 29.8 Å². The number of aryl methyl sites for hydroxylation is 2. The van der Waals surface area contributed by atoms with Crippen molar-refractivity contribution in [2.75, 3.05) is 13.1 Å². The van der Waals surface area contributed by atoms with Crippen LogP contribution in [0.15, 0.2) is 33.9 Å². The molecule has 1 saturated heterocycles. The molecule has 150 valence electrons. The van der Waals surface area contributed by atoms with E-state index in [1.807, 2.05) is 0 Å². The van der Waals surface area contributed by atoms with Gasteiger partial charge in [-0.25, -0.2) is 4.79 Å². The number of hydrogen-bond acceptors (Lipinski definition) is 4. The minimum atomic E-state index is -0.520. The van der Waals surface area contributed by atoms with E-state index in [1.54, 1.807) is 6.92 Å². The van der Waals surface area contributed by atoms with Gasteiger partial charge in [0.2, 0.25) is 5.91 Å². The Morgan fingerprint density at radius 2 is 1.93 bits per heavy atom. The summed E-state index contributed by atoms with van der Waals surface area (Å²) in [5, 5.41) is 3.08. The third-order valence-electron chi connectivity index (χ3n) is 5.30. The number of H-pyrrole nitrogens is 2. The Morgan fingerprint density at radius 3 is 2.61 bits per heavy atom. The van der Waals surface area contributed by atoms with Gasteiger partial charge in [0.1, 0.15) is 0 Å². The smallest absolute Gasteiger partial charge is 0.325 e. The lowest BCUT2D eigenvalue weighted by molar-refractivity contribution is -0.122. The fourth-order valence-corrected chi connectivity index (χ4v) is 3.77. The van der Waals surface area contributed by atoms with Crippen molar-refractivity contribution in [3.8, 4) is 0 Å². The lowest BCUT2D eigenvalue weighted by atomic mass is 10.0. The van der Waals surface area contributed by atoms with Crippen LogP contribution in [0.4, 0.5) is 0 Å². The molecule has 3 N–H and O–H groups in total. The fraction of sp³-hybridized carbons (Fsp3) is 0.476. The molecule has 7 heteroatoms. The first-order chi connectivity index (χ1) is 13.4. The molecule has 0 aliphatic carbocycles. The Labute approximate surface area is 164 Å². The molecular formula is C21H28N4O3. The maximum Gasteiger partial charge on any atom is 0.325 e. The van der Waals surface area contributed by atoms with Gasteiger partial charge in [-0.3, -0.25) is 19.5 Å². The van der Waals surface area contributed by atoms with E-state index in [9.17, 15) is 14.4 Å². The average Bonchev–Trinajstić information content (AvgIpc) is 2.62. The Morgan fingerprint density at radius 1 is 1.18 bits per heavy atom. The molecule has 1 aliphatic rings. The van der Waals surface area contributed by atoms with Crippen LogP contribution in [0.25, 0.3) is 0 Å². The summed E-state index contributed by atoms with van der Waals surface area (Å²) in [4.78, 5) is 42.6. The van der Waals surface area contributed by atoms with Gasteiger partial charge in [-0.15, -0.1) is 0 Å². The number of piperidine rings is 1. The molecule has 1 fully saturated rings. The van der Waals surface area contributed by atoms with Crippen LogP contribution in [-0.4, -0.2) is 39.9 Å². The van der Waals surface area contributed by atoms with E-state index in [2.05, 4.69) is 51.4 Å². The Bertz CT molecular complexity index is 939. The van der Waals surface area contributed by atoms with E-state index in [-0.39, 0.29) is 18.4 Å². The van der Waals surface area contributed by atoms with Crippen LogP contribution in [0.2, 0.25) is 0 Å². The molecule has 2 aromatic rings. The van der Waals surface area contributed by atoms with Gasteiger partial charge in [-0.05, 0) is 38.7 Å². The summed E-state index contributed by atoms with van der Waals surface area (Å²) in [7, 11) is 0. The van der Waals surface area contributed by atoms with Gasteiger partial charge in [-0.2, -0.15) is 0 Å². The maximum atomic E-state index is 12.3. The van der Waals surface area contributed by atoms with Crippen LogP contribution >= 0.6 is 0 Å². The molecule has 3 rings (SSSR count). The molecule has 0 radical (unpaired) electrons. The van der Waals surface area contributed by atoms with Gasteiger partial charge < -0.3 is 10.3 Å². The number of nitrogens with zero attached hydrogens (tertiary/aromatic N) is 1. The monoisotopic (exact) mass is 384 g/mol. The number of hydrogen-bond donors (Lipinski definition) is 3. The summed E-state index contributed by atoms with van der Waals surface area (Å²) in [5.41, 5.74) is 2.64. The summed E-state index contributed by atoms with van der Waals surface area (Å²) in [6.45, 7) is 6.63. The van der Waals surface area contributed by atoms with E-state index in [0.717, 1.165) is 32.5 Å². The van der Waals surface area contributed by atoms with E-state index < -0.39 is 11.2 Å². The molecule has 1 aliphatic heterocycles. The van der Waals surface area contributed by atoms with Crippen molar-refractivity contribution in [3.05, 3.63) is 67.5 Å². The summed E-state index contributed by atoms with van der Waals surface area (Å²) in [6, 6.07) is 8.74. The first-order valence-electron chi connectivity index (χ1n) is 9.80. The molecule has 0 atom stereocenters. The number of likely N-dealkylation sites (tertiary alicyclic amines) is 1. The van der Waals surface area contributed by atoms with Gasteiger partial charge in [0, 0.05) is 43.4 Å². The van der Waals surface area contributed by atoms with Crippen LogP contribution in [0.5, 0.6) is 0 Å². The maximum absolute atomic E-state index is 12.3. The summed E-state index contributed by atoms with van der Waals surface area (Å²) in [6.07, 6.45) is 2.40. The van der Waals surface area contributed by atoms with E-state index in [0.29, 0.717) is 17.7 Å². The predicted octanol–water partition coefficient (Wildman–Crippen LogP) is 1.39. The minimum absolute atomic E-state index is 0.0536. The number of carbonyl (C=O) groups excluding carboxylic acids is 1. The quantitative estimate of drug-likeness (QED) is 0.701. The first kappa shape index (κ1) is 20.1. The molecule has 7 nitrogen and oxygen atoms in total. The van der Waals surface area contributed by atoms with E-state index >= 15 is 0 Å². The fourth-order valence-electron chi connectivity index (χ4n) is 3.77. The second-order valence-electron chi connectivity index (χ2n) is 7.62. The second-order valence-corrected chi connectivity index (χ2v) is 7.62. The van der Waals surface area contributed by atoms with Crippen molar-refractivity contribution in [1.82, 2.24) is 20.2 Å². The van der Waals surface area contributed by atoms with Crippen molar-refractivity contribution in [3.63, 3.8) is 0 Å². The summed E-state index contributed by atoms with van der Waals surface area (Å²) >= 11 is 0. The molecule has 2 heterocycles. The van der Waals surface area contributed by atoms with Crippen LogP contribution in [0.1, 0.15) is 41.6 Å². The lowest BCUT2D eigenvalue weighted by Crippen LogP contribution is -2.44. The summed E-state index contributed by atoms with van der Waals surface area (Å²) < 4.78 is 0. The van der Waals surface area contributed by atoms with Crippen LogP contribution in [0.3, 0.4) is 0 Å². The highest BCUT2D eigenvalue weighted by Gasteiger charge is 2.21. The van der Waals surface area contributed by atoms with E-state index in [4.69, 9.17) is 0 Å². The van der Waals surface area contributed by atoms with Crippen molar-refractivity contribution >= 4 is 5.91 Å². The molecule has 0 spiro atoms. The van der Waals surface area contributed by atoms with Crippen molar-refractivity contribution in [1.29, 1.82) is 0 Å². The number of aromatic amines is 2. The SMILES string of the molecule is Cc1cccc(CN2CCC(NC(=O)CCc3c(C)[nH]c(=O)[nH]c3=O)CC2)c1. The number of aromatic nitrogens is 2. The van der Waals surface area contributed by atoms with Crippen molar-refractivity contribution in [2.24, 2.45) is 0 Å². The zero-order valence-electron chi connectivity index (χ0n) is 16.5. The number of benzene rings is 1. The van der Waals surface area contributed by atoms with Crippen LogP contribution < -0.4 is 16.6 Å². The van der Waals surface area contributed by atoms with Gasteiger partial charge in [0.05, 0.1) is 0 Å². The number of nitrogens with one attached hydrogen (secondary N) is 3. The number of rotatable bonds is 6. The van der Waals surface area contributed by atoms with Gasteiger partial charge >= 0.3 is 5.69 Å². The molecule has 1 aromatic heterocycles. The van der Waals surface area contributed by atoms with Gasteiger partial charge in [0.25, 0.3) is 5.56 Å². The molecule has 1 aromatic carbocycles. The highest BCUT2D eigenvalue weighted by Crippen LogP contribution is 2.15. The van der Waals surface area contributed by atoms with Gasteiger partial charge in [0.15, 0.2) is 0 Å². The molecule has 1 amide bonds. The Kier molecular flexibility index (Phi) is 6.46. The average molecular weight is 384 g/mol. The van der Waals surface area contributed by atoms with Crippen LogP contribution in [-0.2, 0) is 17.8 Å². The molecule has 0 saturated carbocycles. The number of carbonyl (C=O) groups is 1. The molecule has 28 heavy (non-hydrogen) atoms. The summed E-state index contributed by atoms with van der Waals surface area (Å²) in [5.74, 6) is -0.0536. The standard InChI is InChI=1S/C21H28N4O3/c1-14-4-3-5-16(12-14)13-25-10-8-17(9-11-25)23-19(26)7-6-18-15(2)22-21(28)24-20(18)27/h3-5,12,17H,6-11,13H2,1-2H3,(H,23,26)(H2,22,24,27,28). The molecular weight excluding hydrogens is 356 g/mol. The third-order valence-corrected chi connectivity index (χ3v) is 5.30. The van der Waals surface area contributed by atoms with E-state index in [1.165, 1.54) is 11.1 Å². The minimum Gasteiger partial charge on any atom is -0.353 e. The third kappa shape index (κ3) is 5.42. The molecule has 0 unspecified atom stereocenters. The largest absolute Gasteiger partial charge is 0.353 e. The Hall–Kier alpha value is -2.67. The highest BCUT2D eigenvalue weighted by atomic mass is 16.2. The second kappa shape index (κ2) is 9.01. The van der Waals surface area contributed by atoms with Crippen molar-refractivity contribution in [2.45, 2.75) is 52.1 Å². The first-order valence-corrected chi connectivity index (χ1v) is 9.80. The van der Waals surface area contributed by atoms with Crippen LogP contribution in [0, 0.1) is 13.8 Å². The normalized spacial score (nSPS) is 15.5. The lowest BCUT2D eigenvalue weighted by Gasteiger charge is -2.32. The topological polar surface area (TPSA) is 98.1 Å². The number of amides is 1.